The van der Waals surface area contributed by atoms with Crippen LogP contribution in [0.15, 0.2) is 87.8 Å². The maximum atomic E-state index is 13.8. The van der Waals surface area contributed by atoms with Crippen molar-refractivity contribution in [1.82, 2.24) is 4.57 Å². The number of hydrogen-bond donors (Lipinski definition) is 0. The van der Waals surface area contributed by atoms with Gasteiger partial charge in [-0.15, -0.1) is 0 Å². The largest absolute Gasteiger partial charge is 0.493 e. The minimum Gasteiger partial charge on any atom is -0.493 e. The average Bonchev–Trinajstić information content (AvgIpc) is 3.30. The van der Waals surface area contributed by atoms with E-state index in [1.807, 2.05) is 18.2 Å². The second kappa shape index (κ2) is 12.4. The van der Waals surface area contributed by atoms with Gasteiger partial charge in [-0.3, -0.25) is 19.5 Å². The number of allylic oxidation sites excluding steroid dienone is 1. The summed E-state index contributed by atoms with van der Waals surface area (Å²) in [6.07, 6.45) is -3.19. The highest BCUT2D eigenvalue weighted by Gasteiger charge is 2.34. The number of ether oxygens (including phenoxy) is 3. The number of fused-ring (bicyclic) bond motifs is 1. The van der Waals surface area contributed by atoms with Crippen molar-refractivity contribution in [3.8, 4) is 17.2 Å². The lowest BCUT2D eigenvalue weighted by Crippen LogP contribution is -2.39. The standard InChI is InChI=1S/C31H24F3N3O7S/c1-4-43-29(39)26-17(2)35-30-36(27(26)19-8-6-5-7-9-19)28(38)25(45-30)15-18-10-12-23(24(14-18)42-3)44-22-13-11-20(31(32,33)34)16-21(22)37(40)41/h5-16,27H,4H2,1-3H3/b25-15+/t27-/m1/s1. The third kappa shape index (κ3) is 6.22. The molecule has 10 nitrogen and oxygen atoms in total. The van der Waals surface area contributed by atoms with E-state index in [2.05, 4.69) is 4.99 Å². The van der Waals surface area contributed by atoms with Gasteiger partial charge < -0.3 is 14.2 Å². The first-order valence-electron chi connectivity index (χ1n) is 13.4. The Kier molecular flexibility index (Phi) is 8.60. The molecule has 1 aliphatic heterocycles. The minimum atomic E-state index is -4.78. The number of rotatable bonds is 8. The number of hydrogen-bond acceptors (Lipinski definition) is 9. The van der Waals surface area contributed by atoms with Crippen molar-refractivity contribution in [2.24, 2.45) is 4.99 Å². The van der Waals surface area contributed by atoms with E-state index >= 15 is 0 Å². The van der Waals surface area contributed by atoms with Gasteiger partial charge in [0.15, 0.2) is 16.3 Å². The summed E-state index contributed by atoms with van der Waals surface area (Å²) in [6.45, 7) is 3.52. The van der Waals surface area contributed by atoms with Gasteiger partial charge in [0, 0.05) is 6.07 Å². The Bertz CT molecular complexity index is 2020. The molecule has 45 heavy (non-hydrogen) atoms. The molecule has 4 aromatic rings. The molecule has 0 aliphatic carbocycles. The van der Waals surface area contributed by atoms with Crippen LogP contribution in [0.2, 0.25) is 0 Å². The summed E-state index contributed by atoms with van der Waals surface area (Å²) in [5.74, 6) is -0.886. The molecule has 1 aromatic heterocycles. The van der Waals surface area contributed by atoms with Crippen LogP contribution < -0.4 is 24.4 Å². The third-order valence-electron chi connectivity index (χ3n) is 6.82. The highest BCUT2D eigenvalue weighted by molar-refractivity contribution is 7.07. The predicted octanol–water partition coefficient (Wildman–Crippen LogP) is 5.53. The summed E-state index contributed by atoms with van der Waals surface area (Å²) >= 11 is 1.12. The lowest BCUT2D eigenvalue weighted by molar-refractivity contribution is -0.385. The van der Waals surface area contributed by atoms with Gasteiger partial charge >= 0.3 is 17.8 Å². The summed E-state index contributed by atoms with van der Waals surface area (Å²) in [4.78, 5) is 42.2. The Hall–Kier alpha value is -5.24. The van der Waals surface area contributed by atoms with Crippen LogP contribution in [0.1, 0.15) is 36.6 Å². The predicted molar refractivity (Wildman–Crippen MR) is 158 cm³/mol. The molecule has 0 saturated carbocycles. The molecule has 0 unspecified atom stereocenters. The molecular formula is C31H24F3N3O7S. The number of alkyl halides is 3. The third-order valence-corrected chi connectivity index (χ3v) is 7.80. The van der Waals surface area contributed by atoms with Gasteiger partial charge in [-0.25, -0.2) is 9.79 Å². The molecule has 2 heterocycles. The van der Waals surface area contributed by atoms with Crippen LogP contribution in [0, 0.1) is 10.1 Å². The second-order valence-electron chi connectivity index (χ2n) is 9.66. The fourth-order valence-corrected chi connectivity index (χ4v) is 5.84. The summed E-state index contributed by atoms with van der Waals surface area (Å²) in [6, 6.07) is 14.7. The molecule has 5 rings (SSSR count). The van der Waals surface area contributed by atoms with Gasteiger partial charge in [0.05, 0.1) is 46.0 Å². The van der Waals surface area contributed by atoms with Crippen molar-refractivity contribution in [1.29, 1.82) is 0 Å². The molecule has 0 saturated heterocycles. The number of esters is 1. The number of carbonyl (C=O) groups excluding carboxylic acids is 1. The van der Waals surface area contributed by atoms with Crippen LogP contribution in [0.5, 0.6) is 17.2 Å². The van der Waals surface area contributed by atoms with E-state index < -0.39 is 45.7 Å². The number of methoxy groups -OCH3 is 1. The summed E-state index contributed by atoms with van der Waals surface area (Å²) < 4.78 is 57.4. The van der Waals surface area contributed by atoms with E-state index in [-0.39, 0.29) is 23.7 Å². The van der Waals surface area contributed by atoms with Crippen LogP contribution in [0.3, 0.4) is 0 Å². The van der Waals surface area contributed by atoms with Crippen LogP contribution in [-0.4, -0.2) is 29.2 Å². The number of nitrogens with zero attached hydrogens (tertiary/aromatic N) is 3. The van der Waals surface area contributed by atoms with Crippen molar-refractivity contribution >= 4 is 29.1 Å². The Labute approximate surface area is 257 Å². The molecule has 0 amide bonds. The molecule has 1 atom stereocenters. The lowest BCUT2D eigenvalue weighted by Gasteiger charge is -2.24. The molecular weight excluding hydrogens is 615 g/mol. The average molecular weight is 640 g/mol. The number of benzene rings is 3. The first-order valence-corrected chi connectivity index (χ1v) is 14.2. The van der Waals surface area contributed by atoms with Gasteiger partial charge in [0.1, 0.15) is 0 Å². The molecule has 0 spiro atoms. The smallest absolute Gasteiger partial charge is 0.416 e. The van der Waals surface area contributed by atoms with Crippen molar-refractivity contribution in [3.63, 3.8) is 0 Å². The van der Waals surface area contributed by atoms with Crippen LogP contribution in [0.4, 0.5) is 18.9 Å². The zero-order chi connectivity index (χ0) is 32.5. The van der Waals surface area contributed by atoms with E-state index in [4.69, 9.17) is 14.2 Å². The minimum absolute atomic E-state index is 0.00208. The summed E-state index contributed by atoms with van der Waals surface area (Å²) in [5, 5.41) is 11.5. The van der Waals surface area contributed by atoms with Gasteiger partial charge in [0.2, 0.25) is 5.75 Å². The molecule has 0 N–H and O–H groups in total. The highest BCUT2D eigenvalue weighted by atomic mass is 32.1. The maximum Gasteiger partial charge on any atom is 0.416 e. The Balaban J connectivity index is 1.56. The van der Waals surface area contributed by atoms with Gasteiger partial charge in [0.25, 0.3) is 5.56 Å². The molecule has 3 aromatic carbocycles. The fourth-order valence-electron chi connectivity index (χ4n) is 4.79. The van der Waals surface area contributed by atoms with Crippen LogP contribution in [-0.2, 0) is 15.7 Å². The van der Waals surface area contributed by atoms with Crippen molar-refractivity contribution in [2.45, 2.75) is 26.1 Å². The van der Waals surface area contributed by atoms with E-state index in [0.717, 1.165) is 17.4 Å². The van der Waals surface area contributed by atoms with Crippen molar-refractivity contribution in [2.75, 3.05) is 13.7 Å². The number of thiazole rings is 1. The first kappa shape index (κ1) is 31.2. The lowest BCUT2D eigenvalue weighted by atomic mass is 9.96. The van der Waals surface area contributed by atoms with E-state index in [0.29, 0.717) is 38.3 Å². The topological polar surface area (TPSA) is 122 Å². The zero-order valence-corrected chi connectivity index (χ0v) is 24.8. The number of carbonyl (C=O) groups is 1. The highest BCUT2D eigenvalue weighted by Crippen LogP contribution is 2.40. The van der Waals surface area contributed by atoms with Crippen molar-refractivity contribution < 1.29 is 37.1 Å². The van der Waals surface area contributed by atoms with E-state index in [9.17, 15) is 32.9 Å². The second-order valence-corrected chi connectivity index (χ2v) is 10.7. The molecule has 1 aliphatic rings. The van der Waals surface area contributed by atoms with E-state index in [1.165, 1.54) is 23.8 Å². The Morgan fingerprint density at radius 1 is 1.09 bits per heavy atom. The zero-order valence-electron chi connectivity index (χ0n) is 24.0. The Morgan fingerprint density at radius 2 is 1.80 bits per heavy atom. The molecule has 0 radical (unpaired) electrons. The monoisotopic (exact) mass is 639 g/mol. The first-order chi connectivity index (χ1) is 21.4. The fraction of sp³-hybridized carbons (Fsp3) is 0.194. The number of nitro groups is 1. The van der Waals surface area contributed by atoms with Gasteiger partial charge in [-0.1, -0.05) is 47.7 Å². The molecule has 0 bridgehead atoms. The molecule has 14 heteroatoms. The van der Waals surface area contributed by atoms with Crippen molar-refractivity contribution in [3.05, 3.63) is 124 Å². The molecule has 232 valence electrons. The van der Waals surface area contributed by atoms with Gasteiger partial charge in [-0.2, -0.15) is 13.2 Å². The number of aromatic nitrogens is 1. The summed E-state index contributed by atoms with van der Waals surface area (Å²) in [5.41, 5.74) is -0.598. The van der Waals surface area contributed by atoms with Crippen LogP contribution >= 0.6 is 11.3 Å². The summed E-state index contributed by atoms with van der Waals surface area (Å²) in [7, 11) is 1.32. The SMILES string of the molecule is CCOC(=O)C1=C(C)N=c2s/c(=C/c3ccc(Oc4ccc(C(F)(F)F)cc4[N+](=O)[O-])c(OC)c3)c(=O)n2[C@@H]1c1ccccc1. The van der Waals surface area contributed by atoms with Crippen LogP contribution in [0.25, 0.3) is 6.08 Å². The normalized spacial score (nSPS) is 14.9. The van der Waals surface area contributed by atoms with E-state index in [1.54, 1.807) is 38.1 Å². The van der Waals surface area contributed by atoms with Gasteiger partial charge in [-0.05, 0) is 55.3 Å². The maximum absolute atomic E-state index is 13.8. The number of halogens is 3. The number of nitro benzene ring substituents is 1. The molecule has 0 fully saturated rings. The quantitative estimate of drug-likeness (QED) is 0.141. The Morgan fingerprint density at radius 3 is 2.44 bits per heavy atom.